The van der Waals surface area contributed by atoms with E-state index < -0.39 is 12.1 Å². The SMILES string of the molecule is COC(=O)Nc1ccc2c(c1)NC(=O)CCc1cc(N(C)C)cc(n1)C[C@H](NC(=O)/C=C/c1cc(Cl)ccc1-n1cnnn1)c1nc-2c[nH]1. The number of carbonyl (C=O) groups excluding carboxylic acids is 3. The predicted octanol–water partition coefficient (Wildman–Crippen LogP) is 4.34. The van der Waals surface area contributed by atoms with Gasteiger partial charge in [0.2, 0.25) is 11.8 Å². The topological polar surface area (TPSA) is 185 Å². The quantitative estimate of drug-likeness (QED) is 0.188. The number of H-pyrrole nitrogens is 1. The van der Waals surface area contributed by atoms with Gasteiger partial charge in [-0.2, -0.15) is 4.68 Å². The number of imidazole rings is 1. The molecule has 4 bridgehead atoms. The first-order valence-electron chi connectivity index (χ1n) is 15.2. The average Bonchev–Trinajstić information content (AvgIpc) is 3.79. The van der Waals surface area contributed by atoms with Crippen LogP contribution in [0.4, 0.5) is 21.9 Å². The number of methoxy groups -OCH3 is 1. The van der Waals surface area contributed by atoms with Crippen LogP contribution in [0.15, 0.2) is 67.1 Å². The van der Waals surface area contributed by atoms with Gasteiger partial charge in [-0.25, -0.2) is 9.78 Å². The maximum Gasteiger partial charge on any atom is 0.411 e. The van der Waals surface area contributed by atoms with Crippen molar-refractivity contribution in [1.82, 2.24) is 40.5 Å². The van der Waals surface area contributed by atoms with Gasteiger partial charge in [0.25, 0.3) is 0 Å². The van der Waals surface area contributed by atoms with Gasteiger partial charge in [-0.1, -0.05) is 11.6 Å². The Morgan fingerprint density at radius 1 is 1.08 bits per heavy atom. The van der Waals surface area contributed by atoms with Crippen molar-refractivity contribution in [3.8, 4) is 16.9 Å². The van der Waals surface area contributed by atoms with Crippen molar-refractivity contribution in [2.24, 2.45) is 0 Å². The maximum absolute atomic E-state index is 13.5. The number of fused-ring (bicyclic) bond motifs is 6. The molecule has 1 aliphatic rings. The van der Waals surface area contributed by atoms with E-state index in [0.29, 0.717) is 63.3 Å². The lowest BCUT2D eigenvalue weighted by molar-refractivity contribution is -0.117. The van der Waals surface area contributed by atoms with Crippen LogP contribution >= 0.6 is 11.6 Å². The summed E-state index contributed by atoms with van der Waals surface area (Å²) in [5, 5.41) is 20.5. The van der Waals surface area contributed by atoms with E-state index in [1.54, 1.807) is 48.7 Å². The van der Waals surface area contributed by atoms with Gasteiger partial charge in [0, 0.05) is 78.1 Å². The molecule has 6 rings (SSSR count). The van der Waals surface area contributed by atoms with Gasteiger partial charge >= 0.3 is 6.09 Å². The number of nitrogens with zero attached hydrogens (tertiary/aromatic N) is 7. The zero-order valence-corrected chi connectivity index (χ0v) is 27.5. The highest BCUT2D eigenvalue weighted by atomic mass is 35.5. The Morgan fingerprint density at radius 3 is 2.69 bits per heavy atom. The van der Waals surface area contributed by atoms with E-state index in [1.165, 1.54) is 24.2 Å². The van der Waals surface area contributed by atoms with E-state index >= 15 is 0 Å². The number of aryl methyl sites for hydroxylation is 1. The van der Waals surface area contributed by atoms with Crippen LogP contribution in [0.25, 0.3) is 23.0 Å². The highest BCUT2D eigenvalue weighted by Gasteiger charge is 2.22. The molecule has 4 N–H and O–H groups in total. The number of amides is 3. The smallest absolute Gasteiger partial charge is 0.411 e. The molecule has 0 fully saturated rings. The minimum atomic E-state index is -0.647. The van der Waals surface area contributed by atoms with Crippen molar-refractivity contribution in [3.63, 3.8) is 0 Å². The van der Waals surface area contributed by atoms with Crippen molar-refractivity contribution in [2.75, 3.05) is 36.7 Å². The van der Waals surface area contributed by atoms with Crippen molar-refractivity contribution in [3.05, 3.63) is 94.9 Å². The van der Waals surface area contributed by atoms with E-state index in [9.17, 15) is 14.4 Å². The zero-order chi connectivity index (χ0) is 34.5. The number of aromatic amines is 1. The van der Waals surface area contributed by atoms with Crippen molar-refractivity contribution >= 4 is 52.6 Å². The normalized spacial score (nSPS) is 14.4. The van der Waals surface area contributed by atoms with Gasteiger partial charge in [0.05, 0.1) is 30.2 Å². The molecule has 0 saturated carbocycles. The van der Waals surface area contributed by atoms with E-state index in [4.69, 9.17) is 26.3 Å². The summed E-state index contributed by atoms with van der Waals surface area (Å²) >= 11 is 6.27. The molecule has 1 aliphatic heterocycles. The molecule has 2 aromatic carbocycles. The number of halogens is 1. The molecule has 1 atom stereocenters. The zero-order valence-electron chi connectivity index (χ0n) is 26.8. The number of hydrogen-bond acceptors (Lipinski definition) is 10. The van der Waals surface area contributed by atoms with E-state index in [0.717, 1.165) is 11.4 Å². The molecule has 5 aromatic rings. The monoisotopic (exact) mass is 681 g/mol. The molecule has 0 saturated heterocycles. The Kier molecular flexibility index (Phi) is 9.62. The van der Waals surface area contributed by atoms with Crippen LogP contribution < -0.4 is 20.9 Å². The first kappa shape index (κ1) is 32.8. The third kappa shape index (κ3) is 7.90. The second-order valence-electron chi connectivity index (χ2n) is 11.4. The fourth-order valence-corrected chi connectivity index (χ4v) is 5.48. The number of aromatic nitrogens is 7. The molecule has 15 nitrogen and oxygen atoms in total. The Bertz CT molecular complexity index is 2040. The number of benzene rings is 2. The number of hydrogen-bond donors (Lipinski definition) is 4. The van der Waals surface area contributed by atoms with E-state index in [2.05, 4.69) is 36.5 Å². The standard InChI is InChI=1S/C33H32ClN11O4/c1-44(2)24-13-21-7-11-31(47)39-26-15-22(38-33(48)49-3)6-8-25(26)28-17-35-32(41-28)27(16-23(14-24)37-21)40-30(46)10-4-19-12-20(34)5-9-29(19)45-18-36-42-43-45/h4-6,8-10,12-15,17-18,27H,7,11,16H2,1-3H3,(H,35,41)(H,38,48)(H,39,47)(H,40,46)/b10-4+/t27-/m0/s1. The number of anilines is 3. The van der Waals surface area contributed by atoms with Crippen LogP contribution in [0.3, 0.4) is 0 Å². The summed E-state index contributed by atoms with van der Waals surface area (Å²) in [6.45, 7) is 0. The molecule has 0 unspecified atom stereocenters. The number of nitrogens with one attached hydrogen (secondary N) is 4. The number of pyridine rings is 1. The Balaban J connectivity index is 1.37. The van der Waals surface area contributed by atoms with Gasteiger partial charge in [-0.05, 0) is 71.5 Å². The summed E-state index contributed by atoms with van der Waals surface area (Å²) in [5.74, 6) is -0.150. The largest absolute Gasteiger partial charge is 0.453 e. The van der Waals surface area contributed by atoms with Gasteiger partial charge in [0.15, 0.2) is 0 Å². The highest BCUT2D eigenvalue weighted by Crippen LogP contribution is 2.32. The molecule has 250 valence electrons. The first-order valence-corrected chi connectivity index (χ1v) is 15.6. The summed E-state index contributed by atoms with van der Waals surface area (Å²) in [6, 6.07) is 13.5. The second-order valence-corrected chi connectivity index (χ2v) is 11.8. The van der Waals surface area contributed by atoms with Gasteiger partial charge in [-0.3, -0.25) is 19.9 Å². The fourth-order valence-electron chi connectivity index (χ4n) is 5.30. The number of carbonyl (C=O) groups is 3. The first-order chi connectivity index (χ1) is 23.6. The van der Waals surface area contributed by atoms with Crippen molar-refractivity contribution in [1.29, 1.82) is 0 Å². The molecular weight excluding hydrogens is 650 g/mol. The molecule has 0 aliphatic carbocycles. The van der Waals surface area contributed by atoms with Crippen LogP contribution in [-0.4, -0.2) is 74.3 Å². The van der Waals surface area contributed by atoms with Gasteiger partial charge in [0.1, 0.15) is 12.2 Å². The molecule has 4 heterocycles. The van der Waals surface area contributed by atoms with Crippen LogP contribution in [-0.2, 0) is 27.2 Å². The van der Waals surface area contributed by atoms with Crippen LogP contribution in [0.2, 0.25) is 5.02 Å². The third-order valence-corrected chi connectivity index (χ3v) is 7.93. The molecule has 3 aromatic heterocycles. The summed E-state index contributed by atoms with van der Waals surface area (Å²) in [7, 11) is 5.11. The minimum Gasteiger partial charge on any atom is -0.453 e. The average molecular weight is 682 g/mol. The summed E-state index contributed by atoms with van der Waals surface area (Å²) in [6.07, 6.45) is 6.38. The Morgan fingerprint density at radius 2 is 1.92 bits per heavy atom. The van der Waals surface area contributed by atoms with E-state index in [-0.39, 0.29) is 18.2 Å². The molecule has 49 heavy (non-hydrogen) atoms. The molecular formula is C33H32ClN11O4. The number of ether oxygens (including phenoxy) is 1. The summed E-state index contributed by atoms with van der Waals surface area (Å²) in [5.41, 5.74) is 5.58. The Labute approximate surface area is 285 Å². The number of rotatable bonds is 6. The molecule has 3 amide bonds. The third-order valence-electron chi connectivity index (χ3n) is 7.70. The second kappa shape index (κ2) is 14.4. The Hall–Kier alpha value is -6.09. The number of tetrazole rings is 1. The highest BCUT2D eigenvalue weighted by molar-refractivity contribution is 6.30. The molecule has 0 spiro atoms. The lowest BCUT2D eigenvalue weighted by atomic mass is 10.1. The van der Waals surface area contributed by atoms with E-state index in [1.807, 2.05) is 31.1 Å². The summed E-state index contributed by atoms with van der Waals surface area (Å²) < 4.78 is 6.20. The molecule has 0 radical (unpaired) electrons. The predicted molar refractivity (Wildman–Crippen MR) is 183 cm³/mol. The minimum absolute atomic E-state index is 0.157. The lowest BCUT2D eigenvalue weighted by Gasteiger charge is -2.19. The van der Waals surface area contributed by atoms with Crippen LogP contribution in [0.5, 0.6) is 0 Å². The van der Waals surface area contributed by atoms with Crippen LogP contribution in [0, 0.1) is 0 Å². The molecule has 16 heteroatoms. The van der Waals surface area contributed by atoms with Gasteiger partial charge < -0.3 is 25.3 Å². The lowest BCUT2D eigenvalue weighted by Crippen LogP contribution is -2.29. The van der Waals surface area contributed by atoms with Gasteiger partial charge in [-0.15, -0.1) is 5.10 Å². The fraction of sp³-hybridized carbons (Fsp3) is 0.212. The van der Waals surface area contributed by atoms with Crippen molar-refractivity contribution in [2.45, 2.75) is 25.3 Å². The summed E-state index contributed by atoms with van der Waals surface area (Å²) in [4.78, 5) is 53.4. The maximum atomic E-state index is 13.5. The van der Waals surface area contributed by atoms with Crippen LogP contribution in [0.1, 0.15) is 35.2 Å². The van der Waals surface area contributed by atoms with Crippen molar-refractivity contribution < 1.29 is 19.1 Å².